The lowest BCUT2D eigenvalue weighted by atomic mass is 9.92. The van der Waals surface area contributed by atoms with Gasteiger partial charge in [-0.1, -0.05) is 69.3 Å². The van der Waals surface area contributed by atoms with Crippen LogP contribution in [0.4, 0.5) is 4.79 Å². The van der Waals surface area contributed by atoms with Gasteiger partial charge >= 0.3 is 12.1 Å². The summed E-state index contributed by atoms with van der Waals surface area (Å²) in [7, 11) is 0. The van der Waals surface area contributed by atoms with E-state index in [-0.39, 0.29) is 13.0 Å². The largest absolute Gasteiger partial charge is 0.488 e. The minimum atomic E-state index is -2.00. The summed E-state index contributed by atoms with van der Waals surface area (Å²) in [5.41, 5.74) is -0.746. The molecule has 166 valence electrons. The molecule has 0 spiro atoms. The summed E-state index contributed by atoms with van der Waals surface area (Å²) in [6.07, 6.45) is -1.81. The highest BCUT2D eigenvalue weighted by molar-refractivity contribution is 5.84. The molecule has 1 heterocycles. The van der Waals surface area contributed by atoms with Gasteiger partial charge in [0.2, 0.25) is 0 Å². The van der Waals surface area contributed by atoms with E-state index in [1.54, 1.807) is 26.0 Å². The van der Waals surface area contributed by atoms with Gasteiger partial charge in [-0.2, -0.15) is 0 Å². The minimum Gasteiger partial charge on any atom is -0.488 e. The van der Waals surface area contributed by atoms with Crippen molar-refractivity contribution in [2.45, 2.75) is 65.5 Å². The minimum absolute atomic E-state index is 0.0290. The molecule has 0 aliphatic carbocycles. The van der Waals surface area contributed by atoms with E-state index in [4.69, 9.17) is 15.6 Å². The highest BCUT2D eigenvalue weighted by atomic mass is 16.6. The van der Waals surface area contributed by atoms with Crippen LogP contribution in [0, 0.1) is 5.41 Å². The van der Waals surface area contributed by atoms with Gasteiger partial charge in [-0.15, -0.1) is 0 Å². The molecule has 31 heavy (non-hydrogen) atoms. The van der Waals surface area contributed by atoms with Crippen LogP contribution in [-0.4, -0.2) is 34.8 Å². The van der Waals surface area contributed by atoms with Gasteiger partial charge in [0, 0.05) is 11.8 Å². The molecular weight excluding hydrogens is 394 g/mol. The van der Waals surface area contributed by atoms with Gasteiger partial charge in [-0.05, 0) is 31.5 Å². The SMILES string of the molecule is [2H][C@]1(CC(C)(C)Oc2ccccc2)C(=O)O[C@@H](C(C)(C)C)N1C(=O)OCc1ccccc1. The Morgan fingerprint density at radius 2 is 1.61 bits per heavy atom. The molecule has 1 aliphatic heterocycles. The van der Waals surface area contributed by atoms with Gasteiger partial charge in [-0.3, -0.25) is 4.90 Å². The number of carbonyl (C=O) groups is 2. The summed E-state index contributed by atoms with van der Waals surface area (Å²) in [6.45, 7) is 9.13. The second-order valence-electron chi connectivity index (χ2n) is 9.33. The Bertz CT molecular complexity index is 942. The van der Waals surface area contributed by atoms with Crippen molar-refractivity contribution in [3.05, 3.63) is 66.2 Å². The molecule has 1 saturated heterocycles. The number of esters is 1. The molecule has 1 fully saturated rings. The van der Waals surface area contributed by atoms with E-state index in [0.717, 1.165) is 10.5 Å². The number of rotatable bonds is 6. The molecule has 0 N–H and O–H groups in total. The number of ether oxygens (including phenoxy) is 3. The fourth-order valence-electron chi connectivity index (χ4n) is 3.43. The third-order valence-corrected chi connectivity index (χ3v) is 4.85. The van der Waals surface area contributed by atoms with E-state index < -0.39 is 35.3 Å². The lowest BCUT2D eigenvalue weighted by Crippen LogP contribution is -2.50. The van der Waals surface area contributed by atoms with E-state index in [1.807, 2.05) is 69.3 Å². The summed E-state index contributed by atoms with van der Waals surface area (Å²) in [4.78, 5) is 27.3. The molecule has 2 atom stereocenters. The Kier molecular flexibility index (Phi) is 6.16. The summed E-state index contributed by atoms with van der Waals surface area (Å²) < 4.78 is 26.2. The van der Waals surface area contributed by atoms with Gasteiger partial charge in [0.15, 0.2) is 6.23 Å². The lowest BCUT2D eigenvalue weighted by Gasteiger charge is -2.35. The van der Waals surface area contributed by atoms with Crippen LogP contribution in [0.25, 0.3) is 0 Å². The van der Waals surface area contributed by atoms with Crippen molar-refractivity contribution in [1.82, 2.24) is 4.90 Å². The van der Waals surface area contributed by atoms with Crippen molar-refractivity contribution in [2.75, 3.05) is 0 Å². The van der Waals surface area contributed by atoms with Crippen LogP contribution >= 0.6 is 0 Å². The molecule has 3 rings (SSSR count). The van der Waals surface area contributed by atoms with Crippen molar-refractivity contribution in [3.8, 4) is 5.75 Å². The zero-order valence-corrected chi connectivity index (χ0v) is 18.8. The fraction of sp³-hybridized carbons (Fsp3) is 0.440. The second-order valence-corrected chi connectivity index (χ2v) is 9.33. The number of nitrogens with zero attached hydrogens (tertiary/aromatic N) is 1. The zero-order valence-electron chi connectivity index (χ0n) is 19.8. The van der Waals surface area contributed by atoms with Crippen LogP contribution in [0.2, 0.25) is 0 Å². The van der Waals surface area contributed by atoms with Crippen LogP contribution < -0.4 is 4.74 Å². The molecule has 0 bridgehead atoms. The smallest absolute Gasteiger partial charge is 0.413 e. The monoisotopic (exact) mass is 426 g/mol. The molecular formula is C25H31NO5. The molecule has 0 unspecified atom stereocenters. The average molecular weight is 427 g/mol. The maximum atomic E-state index is 13.2. The first-order valence-corrected chi connectivity index (χ1v) is 10.4. The molecule has 2 aromatic carbocycles. The number of cyclic esters (lactones) is 1. The highest BCUT2D eigenvalue weighted by Crippen LogP contribution is 2.36. The average Bonchev–Trinajstić information content (AvgIpc) is 2.97. The molecule has 1 aliphatic rings. The van der Waals surface area contributed by atoms with Crippen LogP contribution in [-0.2, 0) is 20.9 Å². The van der Waals surface area contributed by atoms with Crippen LogP contribution in [0.1, 0.15) is 48.0 Å². The Balaban J connectivity index is 1.86. The van der Waals surface area contributed by atoms with Crippen molar-refractivity contribution in [1.29, 1.82) is 0 Å². The van der Waals surface area contributed by atoms with Gasteiger partial charge in [0.25, 0.3) is 0 Å². The van der Waals surface area contributed by atoms with Crippen LogP contribution in [0.5, 0.6) is 5.75 Å². The summed E-state index contributed by atoms with van der Waals surface area (Å²) in [6, 6.07) is 16.4. The van der Waals surface area contributed by atoms with Crippen LogP contribution in [0.3, 0.4) is 0 Å². The summed E-state index contributed by atoms with van der Waals surface area (Å²) >= 11 is 0. The van der Waals surface area contributed by atoms with Gasteiger partial charge in [-0.25, -0.2) is 9.59 Å². The molecule has 0 radical (unpaired) electrons. The highest BCUT2D eigenvalue weighted by Gasteiger charge is 2.52. The van der Waals surface area contributed by atoms with E-state index in [1.165, 1.54) is 0 Å². The van der Waals surface area contributed by atoms with Crippen molar-refractivity contribution in [2.24, 2.45) is 5.41 Å². The number of benzene rings is 2. The standard InChI is InChI=1S/C25H31NO5/c1-24(2,3)22-26(23(28)29-17-18-12-8-6-9-13-18)20(21(27)30-22)16-25(4,5)31-19-14-10-7-11-15-19/h6-15,20,22H,16-17H2,1-5H3/t20-,22-/m0/s1/i20D. The number of para-hydroxylation sites is 1. The normalized spacial score (nSPS) is 22.0. The maximum Gasteiger partial charge on any atom is 0.413 e. The number of amides is 1. The number of hydrogen-bond donors (Lipinski definition) is 0. The topological polar surface area (TPSA) is 65.1 Å². The molecule has 1 amide bonds. The Hall–Kier alpha value is -3.02. The predicted molar refractivity (Wildman–Crippen MR) is 117 cm³/mol. The number of carbonyl (C=O) groups excluding carboxylic acids is 2. The molecule has 2 aromatic rings. The van der Waals surface area contributed by atoms with Gasteiger partial charge < -0.3 is 14.2 Å². The molecule has 0 aromatic heterocycles. The summed E-state index contributed by atoms with van der Waals surface area (Å²) in [5, 5.41) is 0. The van der Waals surface area contributed by atoms with E-state index >= 15 is 0 Å². The molecule has 6 heteroatoms. The van der Waals surface area contributed by atoms with E-state index in [2.05, 4.69) is 0 Å². The fourth-order valence-corrected chi connectivity index (χ4v) is 3.43. The lowest BCUT2D eigenvalue weighted by molar-refractivity contribution is -0.147. The molecule has 0 saturated carbocycles. The van der Waals surface area contributed by atoms with Crippen molar-refractivity contribution in [3.63, 3.8) is 0 Å². The Morgan fingerprint density at radius 3 is 2.19 bits per heavy atom. The zero-order chi connectivity index (χ0) is 23.6. The molecule has 6 nitrogen and oxygen atoms in total. The van der Waals surface area contributed by atoms with Crippen molar-refractivity contribution >= 4 is 12.1 Å². The van der Waals surface area contributed by atoms with Crippen molar-refractivity contribution < 1.29 is 25.2 Å². The first-order chi connectivity index (χ1) is 14.9. The first-order valence-electron chi connectivity index (χ1n) is 10.9. The van der Waals surface area contributed by atoms with E-state index in [0.29, 0.717) is 5.75 Å². The van der Waals surface area contributed by atoms with Gasteiger partial charge in [0.05, 0.1) is 1.37 Å². The third-order valence-electron chi connectivity index (χ3n) is 4.85. The summed E-state index contributed by atoms with van der Waals surface area (Å²) in [5.74, 6) is -0.183. The maximum absolute atomic E-state index is 13.2. The quantitative estimate of drug-likeness (QED) is 0.596. The second kappa shape index (κ2) is 9.00. The van der Waals surface area contributed by atoms with Gasteiger partial charge in [0.1, 0.15) is 24.0 Å². The first kappa shape index (κ1) is 21.2. The third kappa shape index (κ3) is 5.78. The predicted octanol–water partition coefficient (Wildman–Crippen LogP) is 5.17. The van der Waals surface area contributed by atoms with E-state index in [9.17, 15) is 9.59 Å². The van der Waals surface area contributed by atoms with Crippen LogP contribution in [0.15, 0.2) is 60.7 Å². The Morgan fingerprint density at radius 1 is 1.03 bits per heavy atom. The Labute approximate surface area is 185 Å². The number of hydrogen-bond acceptors (Lipinski definition) is 5.